The number of carbonyl (C=O) groups is 2. The molecule has 1 aromatic rings. The minimum absolute atomic E-state index is 0.0179. The molecule has 0 spiro atoms. The summed E-state index contributed by atoms with van der Waals surface area (Å²) in [5.74, 6) is 0.643. The lowest BCUT2D eigenvalue weighted by Crippen LogP contribution is -2.40. The fourth-order valence-corrected chi connectivity index (χ4v) is 2.12. The molecule has 1 N–H and O–H groups in total. The maximum absolute atomic E-state index is 12.2. The maximum Gasteiger partial charge on any atom is 0.251 e. The summed E-state index contributed by atoms with van der Waals surface area (Å²) in [5.41, 5.74) is 0.394. The van der Waals surface area contributed by atoms with E-state index in [1.54, 1.807) is 23.1 Å². The van der Waals surface area contributed by atoms with Crippen molar-refractivity contribution in [3.05, 3.63) is 23.8 Å². The Kier molecular flexibility index (Phi) is 7.94. The molecule has 128 valence electrons. The summed E-state index contributed by atoms with van der Waals surface area (Å²) in [4.78, 5) is 26.1. The lowest BCUT2D eigenvalue weighted by Gasteiger charge is -2.20. The summed E-state index contributed by atoms with van der Waals surface area (Å²) in [7, 11) is 3.04. The van der Waals surface area contributed by atoms with Crippen molar-refractivity contribution in [2.75, 3.05) is 33.9 Å². The van der Waals surface area contributed by atoms with E-state index in [1.807, 2.05) is 6.92 Å². The number of ether oxygens (including phenoxy) is 2. The largest absolute Gasteiger partial charge is 0.497 e. The van der Waals surface area contributed by atoms with Gasteiger partial charge in [-0.05, 0) is 25.5 Å². The highest BCUT2D eigenvalue weighted by Gasteiger charge is 2.14. The Bertz CT molecular complexity index is 509. The van der Waals surface area contributed by atoms with E-state index in [-0.39, 0.29) is 18.4 Å². The van der Waals surface area contributed by atoms with Crippen molar-refractivity contribution in [2.24, 2.45) is 0 Å². The summed E-state index contributed by atoms with van der Waals surface area (Å²) in [5, 5.41) is 2.65. The predicted octanol–water partition coefficient (Wildman–Crippen LogP) is 2.08. The van der Waals surface area contributed by atoms with Crippen LogP contribution in [0.25, 0.3) is 0 Å². The summed E-state index contributed by atoms with van der Waals surface area (Å²) < 4.78 is 10.3. The van der Waals surface area contributed by atoms with Crippen molar-refractivity contribution in [1.29, 1.82) is 0 Å². The number of rotatable bonds is 9. The minimum atomic E-state index is -0.331. The van der Waals surface area contributed by atoms with Crippen molar-refractivity contribution < 1.29 is 19.1 Å². The van der Waals surface area contributed by atoms with Crippen molar-refractivity contribution in [2.45, 2.75) is 26.7 Å². The lowest BCUT2D eigenvalue weighted by atomic mass is 10.2. The van der Waals surface area contributed by atoms with Gasteiger partial charge in [0.25, 0.3) is 5.91 Å². The van der Waals surface area contributed by atoms with Crippen LogP contribution in [0.15, 0.2) is 18.2 Å². The third kappa shape index (κ3) is 5.81. The average Bonchev–Trinajstić information content (AvgIpc) is 2.59. The molecule has 0 aromatic heterocycles. The Morgan fingerprint density at radius 1 is 1.09 bits per heavy atom. The van der Waals surface area contributed by atoms with Gasteiger partial charge in [0.05, 0.1) is 20.8 Å². The number of unbranched alkanes of at least 4 members (excludes halogenated alkanes) is 1. The molecule has 0 fully saturated rings. The van der Waals surface area contributed by atoms with Gasteiger partial charge in [0.2, 0.25) is 5.91 Å². The Morgan fingerprint density at radius 2 is 1.70 bits per heavy atom. The van der Waals surface area contributed by atoms with E-state index in [0.29, 0.717) is 30.2 Å². The van der Waals surface area contributed by atoms with Gasteiger partial charge in [-0.1, -0.05) is 13.3 Å². The zero-order chi connectivity index (χ0) is 17.2. The first-order valence-electron chi connectivity index (χ1n) is 7.84. The number of likely N-dealkylation sites (N-methyl/N-ethyl adjacent to an activating group) is 1. The van der Waals surface area contributed by atoms with Crippen LogP contribution in [-0.2, 0) is 4.79 Å². The fourth-order valence-electron chi connectivity index (χ4n) is 2.12. The van der Waals surface area contributed by atoms with Crippen molar-refractivity contribution in [1.82, 2.24) is 10.2 Å². The van der Waals surface area contributed by atoms with E-state index in [4.69, 9.17) is 9.47 Å². The monoisotopic (exact) mass is 322 g/mol. The zero-order valence-corrected chi connectivity index (χ0v) is 14.3. The summed E-state index contributed by atoms with van der Waals surface area (Å²) in [6, 6.07) is 4.90. The molecule has 0 radical (unpaired) electrons. The molecule has 0 heterocycles. The first-order chi connectivity index (χ1) is 11.0. The molecule has 0 aliphatic rings. The number of benzene rings is 1. The highest BCUT2D eigenvalue weighted by molar-refractivity contribution is 5.97. The topological polar surface area (TPSA) is 67.9 Å². The van der Waals surface area contributed by atoms with E-state index >= 15 is 0 Å². The number of hydrogen-bond donors (Lipinski definition) is 1. The van der Waals surface area contributed by atoms with Gasteiger partial charge in [-0.25, -0.2) is 0 Å². The second kappa shape index (κ2) is 9.71. The summed E-state index contributed by atoms with van der Waals surface area (Å²) in [6.07, 6.45) is 1.99. The smallest absolute Gasteiger partial charge is 0.251 e. The van der Waals surface area contributed by atoms with E-state index in [2.05, 4.69) is 12.2 Å². The first-order valence-corrected chi connectivity index (χ1v) is 7.84. The summed E-state index contributed by atoms with van der Waals surface area (Å²) in [6.45, 7) is 5.35. The number of hydrogen-bond acceptors (Lipinski definition) is 4. The second-order valence-corrected chi connectivity index (χ2v) is 5.11. The highest BCUT2D eigenvalue weighted by atomic mass is 16.5. The molecule has 23 heavy (non-hydrogen) atoms. The van der Waals surface area contributed by atoms with Crippen LogP contribution >= 0.6 is 0 Å². The van der Waals surface area contributed by atoms with Gasteiger partial charge in [-0.2, -0.15) is 0 Å². The average molecular weight is 322 g/mol. The highest BCUT2D eigenvalue weighted by Crippen LogP contribution is 2.22. The Hall–Kier alpha value is -2.24. The normalized spacial score (nSPS) is 10.1. The Morgan fingerprint density at radius 3 is 2.17 bits per heavy atom. The van der Waals surface area contributed by atoms with Crippen LogP contribution in [-0.4, -0.2) is 50.6 Å². The molecule has 0 saturated carbocycles. The van der Waals surface area contributed by atoms with Gasteiger partial charge in [0.15, 0.2) is 0 Å². The second-order valence-electron chi connectivity index (χ2n) is 5.11. The van der Waals surface area contributed by atoms with Crippen LogP contribution < -0.4 is 14.8 Å². The van der Waals surface area contributed by atoms with Crippen LogP contribution in [0.1, 0.15) is 37.0 Å². The van der Waals surface area contributed by atoms with E-state index < -0.39 is 0 Å². The third-order valence-corrected chi connectivity index (χ3v) is 3.53. The zero-order valence-electron chi connectivity index (χ0n) is 14.3. The van der Waals surface area contributed by atoms with Crippen LogP contribution in [0.4, 0.5) is 0 Å². The molecule has 0 aliphatic heterocycles. The first kappa shape index (κ1) is 18.8. The Balaban J connectivity index is 2.67. The van der Waals surface area contributed by atoms with E-state index in [9.17, 15) is 9.59 Å². The van der Waals surface area contributed by atoms with Crippen LogP contribution in [0.5, 0.6) is 11.5 Å². The maximum atomic E-state index is 12.2. The van der Waals surface area contributed by atoms with Gasteiger partial charge in [0, 0.05) is 24.7 Å². The molecule has 1 aromatic carbocycles. The van der Waals surface area contributed by atoms with Crippen molar-refractivity contribution in [3.8, 4) is 11.5 Å². The quantitative estimate of drug-likeness (QED) is 0.756. The fraction of sp³-hybridized carbons (Fsp3) is 0.529. The molecule has 0 atom stereocenters. The minimum Gasteiger partial charge on any atom is -0.497 e. The molecule has 0 bridgehead atoms. The predicted molar refractivity (Wildman–Crippen MR) is 89.0 cm³/mol. The van der Waals surface area contributed by atoms with Crippen LogP contribution in [0.3, 0.4) is 0 Å². The van der Waals surface area contributed by atoms with Crippen LogP contribution in [0, 0.1) is 0 Å². The van der Waals surface area contributed by atoms with Gasteiger partial charge >= 0.3 is 0 Å². The SMILES string of the molecule is CCCCN(CC)C(=O)CNC(=O)c1cc(OC)cc(OC)c1. The van der Waals surface area contributed by atoms with E-state index in [1.165, 1.54) is 14.2 Å². The number of methoxy groups -OCH3 is 2. The van der Waals surface area contributed by atoms with Gasteiger partial charge in [0.1, 0.15) is 11.5 Å². The molecule has 6 nitrogen and oxygen atoms in total. The molecule has 0 saturated heterocycles. The van der Waals surface area contributed by atoms with E-state index in [0.717, 1.165) is 12.8 Å². The van der Waals surface area contributed by atoms with Gasteiger partial charge < -0.3 is 19.7 Å². The number of carbonyl (C=O) groups excluding carboxylic acids is 2. The molecule has 1 rings (SSSR count). The molecule has 0 unspecified atom stereocenters. The van der Waals surface area contributed by atoms with Gasteiger partial charge in [-0.3, -0.25) is 9.59 Å². The standard InChI is InChI=1S/C17H26N2O4/c1-5-7-8-19(6-2)16(20)12-18-17(21)13-9-14(22-3)11-15(10-13)23-4/h9-11H,5-8,12H2,1-4H3,(H,18,21). The molecular formula is C17H26N2O4. The lowest BCUT2D eigenvalue weighted by molar-refractivity contribution is -0.130. The number of amides is 2. The number of nitrogens with zero attached hydrogens (tertiary/aromatic N) is 1. The van der Waals surface area contributed by atoms with Crippen molar-refractivity contribution in [3.63, 3.8) is 0 Å². The van der Waals surface area contributed by atoms with Crippen LogP contribution in [0.2, 0.25) is 0 Å². The Labute approximate surface area is 137 Å². The summed E-state index contributed by atoms with van der Waals surface area (Å²) >= 11 is 0. The molecule has 0 aliphatic carbocycles. The molecular weight excluding hydrogens is 296 g/mol. The molecule has 2 amide bonds. The molecule has 6 heteroatoms. The number of nitrogens with one attached hydrogen (secondary N) is 1. The third-order valence-electron chi connectivity index (χ3n) is 3.53. The van der Waals surface area contributed by atoms with Gasteiger partial charge in [-0.15, -0.1) is 0 Å². The van der Waals surface area contributed by atoms with Crippen molar-refractivity contribution >= 4 is 11.8 Å².